The van der Waals surface area contributed by atoms with Crippen LogP contribution in [0, 0.1) is 0 Å². The monoisotopic (exact) mass is 407 g/mol. The van der Waals surface area contributed by atoms with Crippen LogP contribution in [0.1, 0.15) is 17.0 Å². The Morgan fingerprint density at radius 3 is 2.61 bits per heavy atom. The Hall–Kier alpha value is -3.34. The van der Waals surface area contributed by atoms with Gasteiger partial charge in [0.1, 0.15) is 0 Å². The lowest BCUT2D eigenvalue weighted by Gasteiger charge is -2.08. The molecule has 144 valence electrons. The van der Waals surface area contributed by atoms with Gasteiger partial charge in [0.05, 0.1) is 5.56 Å². The zero-order chi connectivity index (χ0) is 19.9. The number of nitrogens with zero attached hydrogens (tertiary/aromatic N) is 4. The smallest absolute Gasteiger partial charge is 0.416 e. The van der Waals surface area contributed by atoms with Crippen LogP contribution < -0.4 is 5.32 Å². The topological polar surface area (TPSA) is 95.6 Å². The molecular weight excluding hydrogens is 395 g/mol. The van der Waals surface area contributed by atoms with Crippen molar-refractivity contribution in [3.8, 4) is 11.5 Å². The number of benzene rings is 2. The van der Waals surface area contributed by atoms with Crippen molar-refractivity contribution in [2.45, 2.75) is 12.6 Å². The first-order chi connectivity index (χ1) is 13.3. The molecule has 0 atom stereocenters. The van der Waals surface area contributed by atoms with Crippen LogP contribution in [0.2, 0.25) is 0 Å². The number of rotatable bonds is 4. The average Bonchev–Trinajstić information content (AvgIpc) is 3.19. The van der Waals surface area contributed by atoms with E-state index < -0.39 is 11.7 Å². The van der Waals surface area contributed by atoms with Crippen molar-refractivity contribution < 1.29 is 23.4 Å². The third kappa shape index (κ3) is 3.56. The van der Waals surface area contributed by atoms with Gasteiger partial charge in [-0.1, -0.05) is 23.5 Å². The van der Waals surface area contributed by atoms with Gasteiger partial charge in [-0.05, 0) is 35.9 Å². The minimum absolute atomic E-state index is 0.226. The molecule has 0 unspecified atom stereocenters. The van der Waals surface area contributed by atoms with Crippen LogP contribution in [0.5, 0.6) is 11.5 Å². The largest absolute Gasteiger partial charge is 0.504 e. The van der Waals surface area contributed by atoms with Crippen LogP contribution in [-0.2, 0) is 12.6 Å². The summed E-state index contributed by atoms with van der Waals surface area (Å²) in [6, 6.07) is 9.23. The number of aromatic nitrogens is 4. The second-order valence-electron chi connectivity index (χ2n) is 5.92. The first-order valence-corrected chi connectivity index (χ1v) is 8.77. The predicted molar refractivity (Wildman–Crippen MR) is 96.0 cm³/mol. The Balaban J connectivity index is 1.58. The van der Waals surface area contributed by atoms with E-state index in [-0.39, 0.29) is 17.2 Å². The van der Waals surface area contributed by atoms with E-state index in [0.29, 0.717) is 27.9 Å². The van der Waals surface area contributed by atoms with E-state index in [1.807, 2.05) is 0 Å². The zero-order valence-electron chi connectivity index (χ0n) is 14.0. The first-order valence-electron chi connectivity index (χ1n) is 7.96. The van der Waals surface area contributed by atoms with Crippen LogP contribution in [-0.4, -0.2) is 30.0 Å². The van der Waals surface area contributed by atoms with Gasteiger partial charge in [-0.3, -0.25) is 0 Å². The van der Waals surface area contributed by atoms with Gasteiger partial charge in [-0.2, -0.15) is 17.7 Å². The molecule has 0 fully saturated rings. The SMILES string of the molecule is Oc1ccc(Cc2nnc3sc(Nc4cccc(C(F)(F)F)c4)nn23)cc1O. The highest BCUT2D eigenvalue weighted by Crippen LogP contribution is 2.32. The van der Waals surface area contributed by atoms with Crippen molar-refractivity contribution in [3.05, 3.63) is 59.4 Å². The molecule has 2 aromatic carbocycles. The van der Waals surface area contributed by atoms with Gasteiger partial charge < -0.3 is 15.5 Å². The summed E-state index contributed by atoms with van der Waals surface area (Å²) < 4.78 is 40.0. The summed E-state index contributed by atoms with van der Waals surface area (Å²) >= 11 is 1.14. The van der Waals surface area contributed by atoms with Gasteiger partial charge in [-0.15, -0.1) is 15.3 Å². The van der Waals surface area contributed by atoms with E-state index in [1.54, 1.807) is 6.07 Å². The van der Waals surface area contributed by atoms with E-state index >= 15 is 0 Å². The summed E-state index contributed by atoms with van der Waals surface area (Å²) in [5, 5.41) is 34.5. The lowest BCUT2D eigenvalue weighted by Crippen LogP contribution is -2.05. The highest BCUT2D eigenvalue weighted by Gasteiger charge is 2.30. The summed E-state index contributed by atoms with van der Waals surface area (Å²) in [5.74, 6) is 0.00763. The highest BCUT2D eigenvalue weighted by atomic mass is 32.1. The molecule has 0 radical (unpaired) electrons. The minimum Gasteiger partial charge on any atom is -0.504 e. The fourth-order valence-electron chi connectivity index (χ4n) is 2.58. The van der Waals surface area contributed by atoms with Gasteiger partial charge in [0, 0.05) is 12.1 Å². The fourth-order valence-corrected chi connectivity index (χ4v) is 3.36. The van der Waals surface area contributed by atoms with E-state index in [1.165, 1.54) is 28.8 Å². The number of anilines is 2. The molecule has 2 aromatic heterocycles. The molecule has 0 amide bonds. The minimum atomic E-state index is -4.43. The third-order valence-corrected chi connectivity index (χ3v) is 4.71. The first kappa shape index (κ1) is 18.0. The van der Waals surface area contributed by atoms with Crippen molar-refractivity contribution in [1.82, 2.24) is 19.8 Å². The molecule has 0 aliphatic rings. The van der Waals surface area contributed by atoms with Crippen molar-refractivity contribution in [3.63, 3.8) is 0 Å². The maximum absolute atomic E-state index is 12.8. The Morgan fingerprint density at radius 1 is 1.04 bits per heavy atom. The number of aromatic hydroxyl groups is 2. The highest BCUT2D eigenvalue weighted by molar-refractivity contribution is 7.20. The van der Waals surface area contributed by atoms with E-state index in [4.69, 9.17) is 0 Å². The second kappa shape index (κ2) is 6.68. The summed E-state index contributed by atoms with van der Waals surface area (Å²) in [4.78, 5) is 0.465. The second-order valence-corrected chi connectivity index (χ2v) is 6.88. The van der Waals surface area contributed by atoms with E-state index in [2.05, 4.69) is 20.6 Å². The molecule has 4 aromatic rings. The summed E-state index contributed by atoms with van der Waals surface area (Å²) in [6.07, 6.45) is -4.14. The molecule has 28 heavy (non-hydrogen) atoms. The molecule has 0 saturated carbocycles. The Morgan fingerprint density at radius 2 is 1.86 bits per heavy atom. The van der Waals surface area contributed by atoms with Crippen LogP contribution in [0.15, 0.2) is 42.5 Å². The molecule has 2 heterocycles. The lowest BCUT2D eigenvalue weighted by atomic mass is 10.1. The number of alkyl halides is 3. The van der Waals surface area contributed by atoms with E-state index in [9.17, 15) is 23.4 Å². The van der Waals surface area contributed by atoms with Crippen molar-refractivity contribution in [2.24, 2.45) is 0 Å². The number of phenolic OH excluding ortho intramolecular Hbond substituents is 2. The molecule has 11 heteroatoms. The van der Waals surface area contributed by atoms with Crippen LogP contribution in [0.4, 0.5) is 24.0 Å². The normalized spacial score (nSPS) is 11.8. The predicted octanol–water partition coefficient (Wildman–Crippen LogP) is 3.95. The number of hydrogen-bond acceptors (Lipinski definition) is 7. The molecular formula is C17H12F3N5O2S. The number of fused-ring (bicyclic) bond motifs is 1. The Kier molecular flexibility index (Phi) is 4.30. The van der Waals surface area contributed by atoms with Crippen molar-refractivity contribution >= 4 is 27.1 Å². The average molecular weight is 407 g/mol. The van der Waals surface area contributed by atoms with E-state index in [0.717, 1.165) is 23.5 Å². The molecule has 0 spiro atoms. The maximum Gasteiger partial charge on any atom is 0.416 e. The number of nitrogens with one attached hydrogen (secondary N) is 1. The van der Waals surface area contributed by atoms with Gasteiger partial charge in [-0.25, -0.2) is 0 Å². The summed E-state index contributed by atoms with van der Waals surface area (Å²) in [7, 11) is 0. The number of hydrogen-bond donors (Lipinski definition) is 3. The van der Waals surface area contributed by atoms with Crippen LogP contribution in [0.3, 0.4) is 0 Å². The quantitative estimate of drug-likeness (QED) is 0.444. The summed E-state index contributed by atoms with van der Waals surface area (Å²) in [5.41, 5.74) is 0.183. The molecule has 0 bridgehead atoms. The number of phenols is 2. The van der Waals surface area contributed by atoms with Gasteiger partial charge >= 0.3 is 6.18 Å². The van der Waals surface area contributed by atoms with Gasteiger partial charge in [0.15, 0.2) is 17.3 Å². The maximum atomic E-state index is 12.8. The van der Waals surface area contributed by atoms with Crippen LogP contribution in [0.25, 0.3) is 4.96 Å². The molecule has 3 N–H and O–H groups in total. The molecule has 0 aliphatic heterocycles. The van der Waals surface area contributed by atoms with Gasteiger partial charge in [0.2, 0.25) is 10.1 Å². The molecule has 0 aliphatic carbocycles. The molecule has 4 rings (SSSR count). The van der Waals surface area contributed by atoms with Gasteiger partial charge in [0.25, 0.3) is 0 Å². The van der Waals surface area contributed by atoms with Crippen molar-refractivity contribution in [2.75, 3.05) is 5.32 Å². The van der Waals surface area contributed by atoms with Crippen molar-refractivity contribution in [1.29, 1.82) is 0 Å². The molecule has 0 saturated heterocycles. The summed E-state index contributed by atoms with van der Waals surface area (Å²) in [6.45, 7) is 0. The Bertz CT molecular complexity index is 1160. The zero-order valence-corrected chi connectivity index (χ0v) is 14.8. The number of halogens is 3. The van der Waals surface area contributed by atoms with Crippen LogP contribution >= 0.6 is 11.3 Å². The molecule has 7 nitrogen and oxygen atoms in total. The standard InChI is InChI=1S/C17H12F3N5O2S/c18-17(19,20)10-2-1-3-11(8-10)21-15-24-25-14(22-23-16(25)28-15)7-9-4-5-12(26)13(27)6-9/h1-6,8,26-27H,7H2,(H,21,24). The third-order valence-electron chi connectivity index (χ3n) is 3.90. The lowest BCUT2D eigenvalue weighted by molar-refractivity contribution is -0.137. The Labute approximate surface area is 159 Å². The fraction of sp³-hybridized carbons (Fsp3) is 0.118.